The highest BCUT2D eigenvalue weighted by Gasteiger charge is 2.26. The highest BCUT2D eigenvalue weighted by molar-refractivity contribution is 5.93. The molecule has 0 bridgehead atoms. The van der Waals surface area contributed by atoms with Gasteiger partial charge in [0.05, 0.1) is 19.6 Å². The highest BCUT2D eigenvalue weighted by Crippen LogP contribution is 2.21. The van der Waals surface area contributed by atoms with E-state index in [1.807, 2.05) is 0 Å². The van der Waals surface area contributed by atoms with Gasteiger partial charge in [0.25, 0.3) is 0 Å². The lowest BCUT2D eigenvalue weighted by atomic mass is 10.0. The van der Waals surface area contributed by atoms with Crippen LogP contribution in [0.4, 0.5) is 0 Å². The Bertz CT molecular complexity index is 2660. The number of rotatable bonds is 98. The number of hydrogen-bond acceptors (Lipinski definition) is 12. The van der Waals surface area contributed by atoms with Crippen molar-refractivity contribution in [2.75, 3.05) is 26.2 Å². The number of unbranched alkanes of at least 4 members (excludes halogenated alkanes) is 68. The zero-order valence-electron chi connectivity index (χ0n) is 86.3. The molecule has 0 saturated carbocycles. The smallest absolute Gasteiger partial charge is 0.243 e. The van der Waals surface area contributed by atoms with Crippen LogP contribution in [-0.4, -0.2) is 121 Å². The highest BCUT2D eigenvalue weighted by atomic mass is 16.2. The van der Waals surface area contributed by atoms with Gasteiger partial charge in [-0.25, -0.2) is 0 Å². The van der Waals surface area contributed by atoms with Crippen LogP contribution in [0.2, 0.25) is 0 Å². The maximum Gasteiger partial charge on any atom is 0.243 e. The van der Waals surface area contributed by atoms with Crippen LogP contribution in [0, 0.1) is 0 Å². The topological polar surface area (TPSA) is 388 Å². The molecule has 0 rings (SSSR count). The molecule has 131 heavy (non-hydrogen) atoms. The van der Waals surface area contributed by atoms with Gasteiger partial charge in [0.1, 0.15) is 30.2 Å². The van der Waals surface area contributed by atoms with Gasteiger partial charge in [0.2, 0.25) is 65.0 Å². The van der Waals surface area contributed by atoms with Crippen molar-refractivity contribution < 1.29 is 52.7 Å². The van der Waals surface area contributed by atoms with Crippen LogP contribution in [0.25, 0.3) is 0 Å². The zero-order valence-corrected chi connectivity index (χ0v) is 86.3. The fourth-order valence-electron chi connectivity index (χ4n) is 17.0. The molecule has 5 atom stereocenters. The average Bonchev–Trinajstić information content (AvgIpc) is 0.906. The Morgan fingerprint density at radius 3 is 0.595 bits per heavy atom. The molecular formula is C108H212N12O11. The number of primary amides is 3. The lowest BCUT2D eigenvalue weighted by molar-refractivity contribution is -0.131. The van der Waals surface area contributed by atoms with E-state index in [-0.39, 0.29) is 62.1 Å². The largest absolute Gasteiger partial charge is 0.368 e. The summed E-state index contributed by atoms with van der Waals surface area (Å²) in [4.78, 5) is 135. The van der Waals surface area contributed by atoms with Crippen LogP contribution in [0.5, 0.6) is 0 Å². The lowest BCUT2D eigenvalue weighted by Gasteiger charge is -2.20. The van der Waals surface area contributed by atoms with E-state index in [4.69, 9.17) is 22.9 Å². The molecule has 0 aromatic heterocycles. The summed E-state index contributed by atoms with van der Waals surface area (Å²) in [7, 11) is 0. The first-order chi connectivity index (χ1) is 63.7. The fourth-order valence-corrected chi connectivity index (χ4v) is 17.0. The summed E-state index contributed by atoms with van der Waals surface area (Å²) in [6, 6.07) is -3.68. The summed E-state index contributed by atoms with van der Waals surface area (Å²) in [6.07, 6.45) is 94.4. The van der Waals surface area contributed by atoms with Crippen molar-refractivity contribution in [2.24, 2.45) is 22.9 Å². The van der Waals surface area contributed by atoms with Crippen LogP contribution in [0.15, 0.2) is 0 Å². The molecule has 16 N–H and O–H groups in total. The zero-order chi connectivity index (χ0) is 97.0. The summed E-state index contributed by atoms with van der Waals surface area (Å²) in [5, 5.41) is 21.7. The second kappa shape index (κ2) is 103. The van der Waals surface area contributed by atoms with E-state index >= 15 is 0 Å². The SMILES string of the molecule is CCCCCCCCCCCCCCC(NC(=O)CN)C(N)=O.CCCCCCCCCCCCCCC(NC(=O)CNC(=O)C(CCCCCCCCCCCCCC)NC(C)=O)C(N)=O.CCCCCCCCCCCCCCCC(=O)NCCC(NC(=O)CCCCCCCCCCCCCCC)C(=O)NCC(=O)NC(CCCCCCCCCCCCCC)C(N)=O. The van der Waals surface area contributed by atoms with Crippen molar-refractivity contribution in [1.29, 1.82) is 0 Å². The summed E-state index contributed by atoms with van der Waals surface area (Å²) >= 11 is 0. The molecule has 11 amide bonds. The molecule has 0 aromatic carbocycles. The van der Waals surface area contributed by atoms with Crippen LogP contribution in [0.3, 0.4) is 0 Å². The maximum atomic E-state index is 13.4. The first kappa shape index (κ1) is 129. The van der Waals surface area contributed by atoms with Crippen molar-refractivity contribution in [2.45, 2.75) is 599 Å². The average molecular weight is 1850 g/mol. The van der Waals surface area contributed by atoms with Gasteiger partial charge in [-0.3, -0.25) is 52.7 Å². The van der Waals surface area contributed by atoms with Gasteiger partial charge in [0, 0.05) is 26.3 Å². The Hall–Kier alpha value is -5.87. The van der Waals surface area contributed by atoms with E-state index in [9.17, 15) is 52.7 Å². The number of carbonyl (C=O) groups is 11. The molecular weight excluding hydrogens is 1640 g/mol. The van der Waals surface area contributed by atoms with E-state index < -0.39 is 65.7 Å². The summed E-state index contributed by atoms with van der Waals surface area (Å²) in [5.74, 6) is -4.30. The van der Waals surface area contributed by atoms with Crippen molar-refractivity contribution in [1.82, 2.24) is 42.5 Å². The first-order valence-electron chi connectivity index (χ1n) is 55.5. The first-order valence-corrected chi connectivity index (χ1v) is 55.5. The minimum Gasteiger partial charge on any atom is -0.368 e. The molecule has 0 aliphatic carbocycles. The number of hydrogen-bond donors (Lipinski definition) is 12. The third-order valence-electron chi connectivity index (χ3n) is 25.6. The molecule has 5 unspecified atom stereocenters. The van der Waals surface area contributed by atoms with E-state index in [1.54, 1.807) is 0 Å². The predicted molar refractivity (Wildman–Crippen MR) is 549 cm³/mol. The van der Waals surface area contributed by atoms with Crippen LogP contribution >= 0.6 is 0 Å². The van der Waals surface area contributed by atoms with Crippen LogP contribution < -0.4 is 65.5 Å². The van der Waals surface area contributed by atoms with Gasteiger partial charge in [-0.15, -0.1) is 0 Å². The van der Waals surface area contributed by atoms with Crippen molar-refractivity contribution in [3.05, 3.63) is 0 Å². The van der Waals surface area contributed by atoms with E-state index in [0.717, 1.165) is 109 Å². The third kappa shape index (κ3) is 97.0. The molecule has 23 nitrogen and oxygen atoms in total. The van der Waals surface area contributed by atoms with Gasteiger partial charge in [-0.1, -0.05) is 504 Å². The van der Waals surface area contributed by atoms with E-state index in [2.05, 4.69) is 84.1 Å². The molecule has 0 heterocycles. The van der Waals surface area contributed by atoms with Gasteiger partial charge >= 0.3 is 0 Å². The molecule has 0 aromatic rings. The van der Waals surface area contributed by atoms with Crippen molar-refractivity contribution in [3.8, 4) is 0 Å². The van der Waals surface area contributed by atoms with Crippen molar-refractivity contribution >= 4 is 65.0 Å². The number of amides is 11. The minimum atomic E-state index is -0.896. The van der Waals surface area contributed by atoms with Gasteiger partial charge in [-0.05, 0) is 44.9 Å². The number of nitrogens with two attached hydrogens (primary N) is 4. The maximum absolute atomic E-state index is 13.4. The Labute approximate surface area is 803 Å². The normalized spacial score (nSPS) is 12.2. The molecule has 0 radical (unpaired) electrons. The fraction of sp³-hybridized carbons (Fsp3) is 0.898. The molecule has 0 fully saturated rings. The third-order valence-corrected chi connectivity index (χ3v) is 25.6. The van der Waals surface area contributed by atoms with E-state index in [0.29, 0.717) is 38.5 Å². The van der Waals surface area contributed by atoms with Gasteiger partial charge in [-0.2, -0.15) is 0 Å². The summed E-state index contributed by atoms with van der Waals surface area (Å²) in [5.41, 5.74) is 21.7. The molecule has 770 valence electrons. The van der Waals surface area contributed by atoms with Crippen molar-refractivity contribution in [3.63, 3.8) is 0 Å². The lowest BCUT2D eigenvalue weighted by Crippen LogP contribution is -2.52. The Kier molecular flexibility index (Phi) is 102. The minimum absolute atomic E-state index is 0.0504. The van der Waals surface area contributed by atoms with Gasteiger partial charge < -0.3 is 65.5 Å². The predicted octanol–water partition coefficient (Wildman–Crippen LogP) is 23.9. The molecule has 0 aliphatic rings. The second-order valence-corrected chi connectivity index (χ2v) is 38.4. The Morgan fingerprint density at radius 2 is 0.382 bits per heavy atom. The van der Waals surface area contributed by atoms with E-state index in [1.165, 1.54) is 373 Å². The molecule has 23 heteroatoms. The van der Waals surface area contributed by atoms with Crippen LogP contribution in [0.1, 0.15) is 569 Å². The Balaban J connectivity index is -0.00000210. The quantitative estimate of drug-likeness (QED) is 0.0253. The second-order valence-electron chi connectivity index (χ2n) is 38.4. The standard InChI is InChI=1S/C54H105N5O5.C36H70N4O4.C18H37N3O2/c1-4-7-10-13-16-19-22-25-28-31-34-37-40-43-50(60)56-46-45-49(59-51(61)44-41-38-35-32-29-26-23-20-17-14-11-8-5-2)54(64)57-47-52(62)58-48(53(55)63)42-39-36-33-30-27-24-21-18-15-12-9-6-3;1-4-6-8-10-12-14-16-18-20-22-24-26-28-32(35(37)43)40-34(42)30-38-36(44)33(39-31(3)41)29-27-25-23-21-19-17-15-13-11-9-7-5-2;1-2-3-4-5-6-7-8-9-10-11-12-13-14-16(18(20)23)21-17(22)15-19/h48-49H,4-47H2,1-3H3,(H2,55,63)(H,56,60)(H,57,64)(H,58,62)(H,59,61);32-33H,4-30H2,1-3H3,(H2,37,43)(H,38,44)(H,39,41)(H,40,42);16H,2-15,19H2,1H3,(H2,20,23)(H,21,22). The Morgan fingerprint density at radius 1 is 0.198 bits per heavy atom. The van der Waals surface area contributed by atoms with Crippen LogP contribution in [-0.2, 0) is 52.7 Å². The monoisotopic (exact) mass is 1850 g/mol. The summed E-state index contributed by atoms with van der Waals surface area (Å²) in [6.45, 7) is 14.4. The molecule has 0 saturated heterocycles. The van der Waals surface area contributed by atoms with Gasteiger partial charge in [0.15, 0.2) is 0 Å². The molecule has 0 aliphatic heterocycles. The number of nitrogens with one attached hydrogen (secondary N) is 8. The number of carbonyl (C=O) groups excluding carboxylic acids is 11. The molecule has 0 spiro atoms. The summed E-state index contributed by atoms with van der Waals surface area (Å²) < 4.78 is 0.